The van der Waals surface area contributed by atoms with E-state index in [1.165, 1.54) is 6.07 Å². The van der Waals surface area contributed by atoms with E-state index in [9.17, 15) is 13.6 Å². The Morgan fingerprint density at radius 2 is 1.94 bits per heavy atom. The van der Waals surface area contributed by atoms with Crippen molar-refractivity contribution >= 4 is 11.8 Å². The number of nitrogens with zero attached hydrogens (tertiary/aromatic N) is 3. The van der Waals surface area contributed by atoms with Gasteiger partial charge in [0.05, 0.1) is 24.0 Å². The summed E-state index contributed by atoms with van der Waals surface area (Å²) in [4.78, 5) is 15.4. The van der Waals surface area contributed by atoms with E-state index in [2.05, 4.69) is 15.5 Å². The minimum absolute atomic E-state index is 0.183. The molecule has 2 heterocycles. The number of nitrogens with one attached hydrogen (secondary N) is 2. The number of ether oxygens (including phenoxy) is 1. The molecule has 3 aromatic rings. The van der Waals surface area contributed by atoms with E-state index >= 15 is 0 Å². The second-order valence-corrected chi connectivity index (χ2v) is 9.11. The third-order valence-electron chi connectivity index (χ3n) is 6.84. The van der Waals surface area contributed by atoms with E-state index < -0.39 is 11.6 Å². The molecule has 0 spiro atoms. The molecular formula is C26H29F2N5O2. The van der Waals surface area contributed by atoms with Crippen LogP contribution >= 0.6 is 0 Å². The Morgan fingerprint density at radius 1 is 1.11 bits per heavy atom. The summed E-state index contributed by atoms with van der Waals surface area (Å²) in [5.74, 6) is -1.27. The standard InChI is InChI=1S/C26H29F2N5O2/c1-35-13-12-32-15-20(17-10-11-21(27)22(28)14-17)24(16-32)29-26(34)30-25-19-8-5-9-23(19)31-33(25)18-6-3-2-4-7-18/h2-4,6-7,10-11,14,20,24H,5,8-9,12-13,15-16H2,1H3,(H2,29,30,34)/t20?,24-/m1/s1. The average Bonchev–Trinajstić information content (AvgIpc) is 3.56. The topological polar surface area (TPSA) is 71.4 Å². The van der Waals surface area contributed by atoms with Gasteiger partial charge in [-0.1, -0.05) is 24.3 Å². The van der Waals surface area contributed by atoms with Crippen molar-refractivity contribution in [1.82, 2.24) is 20.0 Å². The molecule has 1 aromatic heterocycles. The molecule has 5 rings (SSSR count). The van der Waals surface area contributed by atoms with Crippen LogP contribution in [-0.2, 0) is 17.6 Å². The number of fused-ring (bicyclic) bond motifs is 1. The number of urea groups is 1. The van der Waals surface area contributed by atoms with Crippen molar-refractivity contribution < 1.29 is 18.3 Å². The molecule has 1 aliphatic carbocycles. The van der Waals surface area contributed by atoms with Crippen LogP contribution in [0.1, 0.15) is 29.2 Å². The van der Waals surface area contributed by atoms with Crippen LogP contribution in [0, 0.1) is 11.6 Å². The molecule has 2 aromatic carbocycles. The normalized spacial score (nSPS) is 19.6. The molecule has 1 saturated heterocycles. The van der Waals surface area contributed by atoms with Gasteiger partial charge in [0.25, 0.3) is 0 Å². The number of anilines is 1. The van der Waals surface area contributed by atoms with Crippen LogP contribution in [0.25, 0.3) is 5.69 Å². The van der Waals surface area contributed by atoms with Crippen LogP contribution in [0.2, 0.25) is 0 Å². The minimum atomic E-state index is -0.886. The Hall–Kier alpha value is -3.30. The first-order chi connectivity index (χ1) is 17.0. The summed E-state index contributed by atoms with van der Waals surface area (Å²) < 4.78 is 34.5. The Kier molecular flexibility index (Phi) is 6.79. The quantitative estimate of drug-likeness (QED) is 0.538. The number of para-hydroxylation sites is 1. The number of hydrogen-bond donors (Lipinski definition) is 2. The fraction of sp³-hybridized carbons (Fsp3) is 0.385. The number of carbonyl (C=O) groups excluding carboxylic acids is 1. The van der Waals surface area contributed by atoms with Gasteiger partial charge in [0, 0.05) is 38.2 Å². The van der Waals surface area contributed by atoms with Gasteiger partial charge in [-0.2, -0.15) is 5.10 Å². The maximum absolute atomic E-state index is 14.0. The number of halogens is 2. The van der Waals surface area contributed by atoms with Crippen molar-refractivity contribution in [2.24, 2.45) is 0 Å². The first-order valence-corrected chi connectivity index (χ1v) is 11.9. The molecule has 0 bridgehead atoms. The number of methoxy groups -OCH3 is 1. The second-order valence-electron chi connectivity index (χ2n) is 9.11. The Labute approximate surface area is 203 Å². The Bertz CT molecular complexity index is 1200. The number of aromatic nitrogens is 2. The number of carbonyl (C=O) groups is 1. The fourth-order valence-electron chi connectivity index (χ4n) is 5.10. The van der Waals surface area contributed by atoms with Crippen LogP contribution in [0.4, 0.5) is 19.4 Å². The minimum Gasteiger partial charge on any atom is -0.383 e. The van der Waals surface area contributed by atoms with Gasteiger partial charge in [0.1, 0.15) is 5.82 Å². The number of hydrogen-bond acceptors (Lipinski definition) is 4. The van der Waals surface area contributed by atoms with Crippen LogP contribution in [-0.4, -0.2) is 60.1 Å². The highest BCUT2D eigenvalue weighted by Crippen LogP contribution is 2.32. The smallest absolute Gasteiger partial charge is 0.320 e. The van der Waals surface area contributed by atoms with Crippen molar-refractivity contribution in [2.45, 2.75) is 31.2 Å². The van der Waals surface area contributed by atoms with Gasteiger partial charge in [-0.05, 0) is 49.1 Å². The summed E-state index contributed by atoms with van der Waals surface area (Å²) in [6.45, 7) is 2.42. The second kappa shape index (κ2) is 10.1. The van der Waals surface area contributed by atoms with E-state index in [-0.39, 0.29) is 18.0 Å². The summed E-state index contributed by atoms with van der Waals surface area (Å²) >= 11 is 0. The lowest BCUT2D eigenvalue weighted by Gasteiger charge is -2.21. The van der Waals surface area contributed by atoms with Crippen molar-refractivity contribution in [3.8, 4) is 5.69 Å². The first kappa shape index (κ1) is 23.4. The summed E-state index contributed by atoms with van der Waals surface area (Å²) in [5.41, 5.74) is 3.61. The highest BCUT2D eigenvalue weighted by molar-refractivity contribution is 5.90. The molecule has 0 saturated carbocycles. The molecular weight excluding hydrogens is 452 g/mol. The fourth-order valence-corrected chi connectivity index (χ4v) is 5.10. The van der Waals surface area contributed by atoms with Gasteiger partial charge in [-0.25, -0.2) is 18.3 Å². The predicted molar refractivity (Wildman–Crippen MR) is 129 cm³/mol. The largest absolute Gasteiger partial charge is 0.383 e. The molecule has 2 aliphatic rings. The zero-order valence-electron chi connectivity index (χ0n) is 19.6. The molecule has 7 nitrogen and oxygen atoms in total. The molecule has 35 heavy (non-hydrogen) atoms. The third kappa shape index (κ3) is 4.92. The number of aryl methyl sites for hydroxylation is 1. The summed E-state index contributed by atoms with van der Waals surface area (Å²) in [6.07, 6.45) is 2.77. The van der Waals surface area contributed by atoms with Crippen LogP contribution in [0.3, 0.4) is 0 Å². The Morgan fingerprint density at radius 3 is 2.71 bits per heavy atom. The SMILES string of the molecule is COCCN1CC(c2ccc(F)c(F)c2)[C@H](NC(=O)Nc2c3c(nn2-c2ccccc2)CCC3)C1. The molecule has 1 unspecified atom stereocenters. The molecule has 2 atom stereocenters. The van der Waals surface area contributed by atoms with E-state index in [0.29, 0.717) is 37.6 Å². The summed E-state index contributed by atoms with van der Waals surface area (Å²) in [5, 5.41) is 10.9. The lowest BCUT2D eigenvalue weighted by atomic mass is 9.94. The molecule has 2 N–H and O–H groups in total. The number of rotatable bonds is 7. The highest BCUT2D eigenvalue weighted by Gasteiger charge is 2.35. The van der Waals surface area contributed by atoms with E-state index in [1.54, 1.807) is 17.9 Å². The van der Waals surface area contributed by atoms with Gasteiger partial charge >= 0.3 is 6.03 Å². The van der Waals surface area contributed by atoms with Gasteiger partial charge in [0.15, 0.2) is 11.6 Å². The maximum atomic E-state index is 14.0. The number of amides is 2. The summed E-state index contributed by atoms with van der Waals surface area (Å²) in [7, 11) is 1.64. The molecule has 9 heteroatoms. The van der Waals surface area contributed by atoms with Crippen LogP contribution in [0.5, 0.6) is 0 Å². The van der Waals surface area contributed by atoms with E-state index in [0.717, 1.165) is 42.3 Å². The van der Waals surface area contributed by atoms with Gasteiger partial charge in [0.2, 0.25) is 0 Å². The molecule has 184 valence electrons. The average molecular weight is 482 g/mol. The number of benzene rings is 2. The van der Waals surface area contributed by atoms with E-state index in [4.69, 9.17) is 9.84 Å². The molecule has 1 fully saturated rings. The number of likely N-dealkylation sites (tertiary alicyclic amines) is 1. The zero-order valence-corrected chi connectivity index (χ0v) is 19.6. The van der Waals surface area contributed by atoms with Crippen molar-refractivity contribution in [1.29, 1.82) is 0 Å². The van der Waals surface area contributed by atoms with Gasteiger partial charge in [-0.15, -0.1) is 0 Å². The van der Waals surface area contributed by atoms with E-state index in [1.807, 2.05) is 30.3 Å². The molecule has 1 aliphatic heterocycles. The molecule has 0 radical (unpaired) electrons. The predicted octanol–water partition coefficient (Wildman–Crippen LogP) is 3.88. The van der Waals surface area contributed by atoms with Crippen molar-refractivity contribution in [3.05, 3.63) is 77.0 Å². The van der Waals surface area contributed by atoms with Gasteiger partial charge < -0.3 is 10.1 Å². The van der Waals surface area contributed by atoms with Crippen LogP contribution < -0.4 is 10.6 Å². The first-order valence-electron chi connectivity index (χ1n) is 11.9. The monoisotopic (exact) mass is 481 g/mol. The lowest BCUT2D eigenvalue weighted by Crippen LogP contribution is -2.42. The Balaban J connectivity index is 1.37. The van der Waals surface area contributed by atoms with Gasteiger partial charge in [-0.3, -0.25) is 10.2 Å². The van der Waals surface area contributed by atoms with Crippen molar-refractivity contribution in [3.63, 3.8) is 0 Å². The zero-order chi connectivity index (χ0) is 24.4. The maximum Gasteiger partial charge on any atom is 0.320 e. The van der Waals surface area contributed by atoms with Crippen LogP contribution in [0.15, 0.2) is 48.5 Å². The highest BCUT2D eigenvalue weighted by atomic mass is 19.2. The molecule has 2 amide bonds. The summed E-state index contributed by atoms with van der Waals surface area (Å²) in [6, 6.07) is 13.0. The third-order valence-corrected chi connectivity index (χ3v) is 6.84. The lowest BCUT2D eigenvalue weighted by molar-refractivity contribution is 0.159. The van der Waals surface area contributed by atoms with Crippen molar-refractivity contribution in [2.75, 3.05) is 38.7 Å².